The average molecular weight is 317 g/mol. The van der Waals surface area contributed by atoms with Crippen molar-refractivity contribution in [1.82, 2.24) is 10.2 Å². The van der Waals surface area contributed by atoms with Crippen molar-refractivity contribution in [3.05, 3.63) is 29.8 Å². The number of piperazine rings is 1. The summed E-state index contributed by atoms with van der Waals surface area (Å²) >= 11 is 1.87. The van der Waals surface area contributed by atoms with Crippen LogP contribution in [0.4, 0.5) is 0 Å². The molecule has 0 aromatic heterocycles. The van der Waals surface area contributed by atoms with Crippen molar-refractivity contribution in [2.75, 3.05) is 38.5 Å². The van der Waals surface area contributed by atoms with Gasteiger partial charge in [0, 0.05) is 43.7 Å². The van der Waals surface area contributed by atoms with Gasteiger partial charge in [0.1, 0.15) is 0 Å². The summed E-state index contributed by atoms with van der Waals surface area (Å²) in [6.07, 6.45) is 0.820. The van der Waals surface area contributed by atoms with Gasteiger partial charge in [-0.2, -0.15) is 0 Å². The number of benzene rings is 1. The molecule has 0 aliphatic carbocycles. The van der Waals surface area contributed by atoms with Gasteiger partial charge in [0.2, 0.25) is 0 Å². The summed E-state index contributed by atoms with van der Waals surface area (Å²) in [6, 6.07) is 9.21. The van der Waals surface area contributed by atoms with E-state index in [0.29, 0.717) is 6.04 Å². The molecule has 1 aromatic carbocycles. The minimum absolute atomic E-state index is 0. The summed E-state index contributed by atoms with van der Waals surface area (Å²) in [5, 5.41) is 12.7. The van der Waals surface area contributed by atoms with E-state index in [1.165, 1.54) is 10.5 Å². The molecule has 0 unspecified atom stereocenters. The number of aliphatic hydroxyl groups is 1. The van der Waals surface area contributed by atoms with Gasteiger partial charge in [0.05, 0.1) is 0 Å². The largest absolute Gasteiger partial charge is 0.396 e. The second-order valence-electron chi connectivity index (χ2n) is 4.82. The number of rotatable bonds is 6. The predicted molar refractivity (Wildman–Crippen MR) is 89.0 cm³/mol. The highest BCUT2D eigenvalue weighted by Gasteiger charge is 2.21. The van der Waals surface area contributed by atoms with Crippen LogP contribution in [0.25, 0.3) is 0 Å². The number of hydrogen-bond donors (Lipinski definition) is 2. The van der Waals surface area contributed by atoms with Gasteiger partial charge >= 0.3 is 0 Å². The van der Waals surface area contributed by atoms with E-state index in [4.69, 9.17) is 0 Å². The summed E-state index contributed by atoms with van der Waals surface area (Å²) in [5.41, 5.74) is 1.33. The molecule has 0 spiro atoms. The first kappa shape index (κ1) is 17.8. The molecule has 0 bridgehead atoms. The van der Waals surface area contributed by atoms with E-state index in [1.807, 2.05) is 11.8 Å². The molecule has 1 saturated heterocycles. The fourth-order valence-electron chi connectivity index (χ4n) is 2.63. The Hall–Kier alpha value is -0.260. The van der Waals surface area contributed by atoms with Gasteiger partial charge in [-0.1, -0.05) is 19.1 Å². The van der Waals surface area contributed by atoms with E-state index in [9.17, 15) is 5.11 Å². The molecule has 1 aliphatic heterocycles. The maximum Gasteiger partial charge on any atom is 0.0449 e. The lowest BCUT2D eigenvalue weighted by atomic mass is 10.0. The molecule has 2 N–H and O–H groups in total. The van der Waals surface area contributed by atoms with E-state index >= 15 is 0 Å². The van der Waals surface area contributed by atoms with E-state index in [2.05, 4.69) is 41.4 Å². The zero-order valence-electron chi connectivity index (χ0n) is 12.0. The van der Waals surface area contributed by atoms with Crippen molar-refractivity contribution in [3.8, 4) is 0 Å². The first-order valence-corrected chi connectivity index (χ1v) is 8.12. The van der Waals surface area contributed by atoms with E-state index < -0.39 is 0 Å². The van der Waals surface area contributed by atoms with Crippen LogP contribution < -0.4 is 5.32 Å². The van der Waals surface area contributed by atoms with E-state index in [0.717, 1.165) is 38.4 Å². The Kier molecular flexibility index (Phi) is 8.57. The highest BCUT2D eigenvalue weighted by atomic mass is 35.5. The Balaban J connectivity index is 0.00000200. The van der Waals surface area contributed by atoms with Crippen LogP contribution in [0.1, 0.15) is 24.9 Å². The maximum atomic E-state index is 9.32. The molecule has 2 rings (SSSR count). The molecule has 114 valence electrons. The van der Waals surface area contributed by atoms with Crippen molar-refractivity contribution < 1.29 is 5.11 Å². The quantitative estimate of drug-likeness (QED) is 0.791. The lowest BCUT2D eigenvalue weighted by Crippen LogP contribution is -2.45. The highest BCUT2D eigenvalue weighted by molar-refractivity contribution is 7.99. The number of hydrogen-bond acceptors (Lipinski definition) is 4. The van der Waals surface area contributed by atoms with Crippen LogP contribution >= 0.6 is 24.2 Å². The molecule has 1 heterocycles. The summed E-state index contributed by atoms with van der Waals surface area (Å²) in [4.78, 5) is 3.81. The molecule has 1 aliphatic rings. The monoisotopic (exact) mass is 316 g/mol. The van der Waals surface area contributed by atoms with Gasteiger partial charge in [-0.3, -0.25) is 4.90 Å². The molecule has 0 radical (unpaired) electrons. The van der Waals surface area contributed by atoms with Gasteiger partial charge in [0.25, 0.3) is 0 Å². The van der Waals surface area contributed by atoms with Gasteiger partial charge in [-0.05, 0) is 29.9 Å². The van der Waals surface area contributed by atoms with Crippen LogP contribution in [0.2, 0.25) is 0 Å². The number of halogens is 1. The zero-order valence-corrected chi connectivity index (χ0v) is 13.7. The Morgan fingerprint density at radius 3 is 2.45 bits per heavy atom. The fraction of sp³-hybridized carbons (Fsp3) is 0.600. The Bertz CT molecular complexity index is 369. The van der Waals surface area contributed by atoms with Gasteiger partial charge in [-0.25, -0.2) is 0 Å². The third-order valence-corrected chi connectivity index (χ3v) is 4.46. The van der Waals surface area contributed by atoms with Crippen molar-refractivity contribution in [1.29, 1.82) is 0 Å². The van der Waals surface area contributed by atoms with Crippen molar-refractivity contribution >= 4 is 24.2 Å². The molecule has 1 fully saturated rings. The molecule has 5 heteroatoms. The maximum absolute atomic E-state index is 9.32. The number of nitrogens with one attached hydrogen (secondary N) is 1. The lowest BCUT2D eigenvalue weighted by Gasteiger charge is -2.35. The first-order chi connectivity index (χ1) is 9.35. The molecular formula is C15H25ClN2OS. The Labute approximate surface area is 132 Å². The SMILES string of the molecule is CCSc1ccc([C@H](CCO)N2CCNCC2)cc1.Cl. The zero-order chi connectivity index (χ0) is 13.5. The minimum Gasteiger partial charge on any atom is -0.396 e. The minimum atomic E-state index is 0. The third kappa shape index (κ3) is 4.93. The van der Waals surface area contributed by atoms with Crippen LogP contribution in [0.3, 0.4) is 0 Å². The normalized spacial score (nSPS) is 17.5. The Morgan fingerprint density at radius 1 is 1.25 bits per heavy atom. The first-order valence-electron chi connectivity index (χ1n) is 7.13. The molecule has 20 heavy (non-hydrogen) atoms. The summed E-state index contributed by atoms with van der Waals surface area (Å²) in [5.74, 6) is 1.11. The predicted octanol–water partition coefficient (Wildman–Crippen LogP) is 2.55. The summed E-state index contributed by atoms with van der Waals surface area (Å²) in [6.45, 7) is 6.65. The van der Waals surface area contributed by atoms with Crippen LogP contribution in [-0.2, 0) is 0 Å². The van der Waals surface area contributed by atoms with Gasteiger partial charge in [-0.15, -0.1) is 24.2 Å². The van der Waals surface area contributed by atoms with Gasteiger partial charge < -0.3 is 10.4 Å². The van der Waals surface area contributed by atoms with E-state index in [-0.39, 0.29) is 19.0 Å². The average Bonchev–Trinajstić information content (AvgIpc) is 2.47. The second kappa shape index (κ2) is 9.64. The Morgan fingerprint density at radius 2 is 1.90 bits per heavy atom. The second-order valence-corrected chi connectivity index (χ2v) is 6.15. The number of aliphatic hydroxyl groups excluding tert-OH is 1. The number of thioether (sulfide) groups is 1. The molecule has 1 atom stereocenters. The summed E-state index contributed by atoms with van der Waals surface area (Å²) < 4.78 is 0. The topological polar surface area (TPSA) is 35.5 Å². The van der Waals surface area contributed by atoms with Crippen molar-refractivity contribution in [3.63, 3.8) is 0 Å². The lowest BCUT2D eigenvalue weighted by molar-refractivity contribution is 0.141. The van der Waals surface area contributed by atoms with Crippen LogP contribution in [-0.4, -0.2) is 48.5 Å². The molecular weight excluding hydrogens is 292 g/mol. The molecule has 3 nitrogen and oxygen atoms in total. The fourth-order valence-corrected chi connectivity index (χ4v) is 3.29. The van der Waals surface area contributed by atoms with Crippen molar-refractivity contribution in [2.24, 2.45) is 0 Å². The van der Waals surface area contributed by atoms with Crippen LogP contribution in [0.15, 0.2) is 29.2 Å². The standard InChI is InChI=1S/C15H24N2OS.ClH/c1-2-19-14-5-3-13(4-6-14)15(7-12-18)17-10-8-16-9-11-17;/h3-6,15-16,18H,2,7-12H2,1H3;1H/t15-;/m0./s1. The molecule has 1 aromatic rings. The third-order valence-electron chi connectivity index (χ3n) is 3.57. The molecule has 0 amide bonds. The number of nitrogens with zero attached hydrogens (tertiary/aromatic N) is 1. The van der Waals surface area contributed by atoms with E-state index in [1.54, 1.807) is 0 Å². The van der Waals surface area contributed by atoms with Crippen LogP contribution in [0.5, 0.6) is 0 Å². The van der Waals surface area contributed by atoms with Gasteiger partial charge in [0.15, 0.2) is 0 Å². The van der Waals surface area contributed by atoms with Crippen molar-refractivity contribution in [2.45, 2.75) is 24.3 Å². The highest BCUT2D eigenvalue weighted by Crippen LogP contribution is 2.27. The summed E-state index contributed by atoms with van der Waals surface area (Å²) in [7, 11) is 0. The van der Waals surface area contributed by atoms with Crippen LogP contribution in [0, 0.1) is 0 Å². The smallest absolute Gasteiger partial charge is 0.0449 e. The molecule has 0 saturated carbocycles.